The molecule has 7 heteroatoms. The predicted molar refractivity (Wildman–Crippen MR) is 74.6 cm³/mol. The van der Waals surface area contributed by atoms with Crippen molar-refractivity contribution >= 4 is 11.8 Å². The van der Waals surface area contributed by atoms with Crippen LogP contribution in [-0.4, -0.2) is 69.6 Å². The number of morpholine rings is 1. The van der Waals surface area contributed by atoms with E-state index < -0.39 is 0 Å². The fraction of sp³-hybridized carbons (Fsp3) is 0.643. The number of aromatic nitrogens is 2. The number of fused-ring (bicyclic) bond motifs is 1. The first-order valence-corrected chi connectivity index (χ1v) is 7.22. The molecule has 2 amide bonds. The SMILES string of the molecule is CC(=O)N1CCO[C@@H]2CCN(C(=O)c3cn(C)cn3)C[C@H]21. The lowest BCUT2D eigenvalue weighted by Crippen LogP contribution is -2.61. The van der Waals surface area contributed by atoms with E-state index >= 15 is 0 Å². The lowest BCUT2D eigenvalue weighted by atomic mass is 9.98. The number of nitrogens with zero attached hydrogens (tertiary/aromatic N) is 4. The Bertz CT molecular complexity index is 556. The number of imidazole rings is 1. The molecule has 0 radical (unpaired) electrons. The molecule has 1 aromatic rings. The maximum atomic E-state index is 12.5. The van der Waals surface area contributed by atoms with Crippen molar-refractivity contribution in [3.05, 3.63) is 18.2 Å². The summed E-state index contributed by atoms with van der Waals surface area (Å²) in [6.45, 7) is 3.90. The van der Waals surface area contributed by atoms with Gasteiger partial charge in [-0.2, -0.15) is 0 Å². The third kappa shape index (κ3) is 2.65. The summed E-state index contributed by atoms with van der Waals surface area (Å²) in [5, 5.41) is 0. The molecule has 0 N–H and O–H groups in total. The second-order valence-electron chi connectivity index (χ2n) is 5.65. The number of carbonyl (C=O) groups is 2. The van der Waals surface area contributed by atoms with Crippen molar-refractivity contribution in [3.8, 4) is 0 Å². The molecular weight excluding hydrogens is 272 g/mol. The van der Waals surface area contributed by atoms with E-state index in [1.165, 1.54) is 0 Å². The summed E-state index contributed by atoms with van der Waals surface area (Å²) in [7, 11) is 1.84. The van der Waals surface area contributed by atoms with Crippen molar-refractivity contribution in [3.63, 3.8) is 0 Å². The Morgan fingerprint density at radius 1 is 1.38 bits per heavy atom. The molecule has 0 aliphatic carbocycles. The molecule has 21 heavy (non-hydrogen) atoms. The van der Waals surface area contributed by atoms with Crippen molar-refractivity contribution in [1.29, 1.82) is 0 Å². The molecule has 2 atom stereocenters. The number of aryl methyl sites for hydroxylation is 1. The third-order valence-electron chi connectivity index (χ3n) is 4.20. The third-order valence-corrected chi connectivity index (χ3v) is 4.20. The van der Waals surface area contributed by atoms with E-state index in [4.69, 9.17) is 4.74 Å². The zero-order valence-corrected chi connectivity index (χ0v) is 12.4. The standard InChI is InChI=1S/C14H20N4O3/c1-10(19)18-5-6-21-13-3-4-17(8-12(13)18)14(20)11-7-16(2)9-15-11/h7,9,12-13H,3-6,8H2,1-2H3/t12-,13-/m1/s1. The van der Waals surface area contributed by atoms with E-state index in [0.717, 1.165) is 6.42 Å². The molecule has 114 valence electrons. The first kappa shape index (κ1) is 14.1. The highest BCUT2D eigenvalue weighted by molar-refractivity contribution is 5.92. The highest BCUT2D eigenvalue weighted by atomic mass is 16.5. The average Bonchev–Trinajstić information content (AvgIpc) is 2.91. The highest BCUT2D eigenvalue weighted by Gasteiger charge is 2.39. The van der Waals surface area contributed by atoms with Crippen molar-refractivity contribution in [2.24, 2.45) is 7.05 Å². The van der Waals surface area contributed by atoms with Crippen LogP contribution in [0.2, 0.25) is 0 Å². The van der Waals surface area contributed by atoms with Crippen LogP contribution in [0.25, 0.3) is 0 Å². The quantitative estimate of drug-likeness (QED) is 0.724. The molecule has 3 rings (SSSR count). The Kier molecular flexibility index (Phi) is 3.67. The molecule has 2 aliphatic heterocycles. The second kappa shape index (κ2) is 5.48. The molecular formula is C14H20N4O3. The van der Waals surface area contributed by atoms with Gasteiger partial charge in [-0.05, 0) is 6.42 Å². The van der Waals surface area contributed by atoms with Crippen molar-refractivity contribution in [2.45, 2.75) is 25.5 Å². The van der Waals surface area contributed by atoms with Gasteiger partial charge >= 0.3 is 0 Å². The maximum absolute atomic E-state index is 12.5. The van der Waals surface area contributed by atoms with Crippen LogP contribution in [0.15, 0.2) is 12.5 Å². The summed E-state index contributed by atoms with van der Waals surface area (Å²) >= 11 is 0. The second-order valence-corrected chi connectivity index (χ2v) is 5.65. The van der Waals surface area contributed by atoms with Gasteiger partial charge in [-0.15, -0.1) is 0 Å². The molecule has 0 bridgehead atoms. The number of piperidine rings is 1. The zero-order chi connectivity index (χ0) is 15.0. The van der Waals surface area contributed by atoms with Crippen molar-refractivity contribution in [1.82, 2.24) is 19.4 Å². The van der Waals surface area contributed by atoms with Crippen LogP contribution in [0.3, 0.4) is 0 Å². The highest BCUT2D eigenvalue weighted by Crippen LogP contribution is 2.24. The summed E-state index contributed by atoms with van der Waals surface area (Å²) in [6, 6.07) is -0.0438. The molecule has 3 heterocycles. The molecule has 0 unspecified atom stereocenters. The summed E-state index contributed by atoms with van der Waals surface area (Å²) in [4.78, 5) is 31.9. The van der Waals surface area contributed by atoms with Crippen LogP contribution in [0.1, 0.15) is 23.8 Å². The van der Waals surface area contributed by atoms with Crippen LogP contribution in [0, 0.1) is 0 Å². The number of hydrogen-bond acceptors (Lipinski definition) is 4. The van der Waals surface area contributed by atoms with Crippen LogP contribution < -0.4 is 0 Å². The van der Waals surface area contributed by atoms with E-state index in [1.807, 2.05) is 11.9 Å². The van der Waals surface area contributed by atoms with Crippen molar-refractivity contribution in [2.75, 3.05) is 26.2 Å². The molecule has 2 saturated heterocycles. The minimum Gasteiger partial charge on any atom is -0.374 e. The van der Waals surface area contributed by atoms with E-state index in [9.17, 15) is 9.59 Å². The van der Waals surface area contributed by atoms with Gasteiger partial charge in [0, 0.05) is 39.8 Å². The van der Waals surface area contributed by atoms with Gasteiger partial charge in [0.2, 0.25) is 5.91 Å². The Morgan fingerprint density at radius 2 is 2.19 bits per heavy atom. The molecule has 7 nitrogen and oxygen atoms in total. The van der Waals surface area contributed by atoms with Crippen LogP contribution in [-0.2, 0) is 16.6 Å². The number of hydrogen-bond donors (Lipinski definition) is 0. The summed E-state index contributed by atoms with van der Waals surface area (Å²) < 4.78 is 7.50. The van der Waals surface area contributed by atoms with E-state index in [1.54, 1.807) is 28.9 Å². The number of likely N-dealkylation sites (tertiary alicyclic amines) is 1. The zero-order valence-electron chi connectivity index (χ0n) is 12.4. The smallest absolute Gasteiger partial charge is 0.274 e. The van der Waals surface area contributed by atoms with Crippen LogP contribution in [0.4, 0.5) is 0 Å². The van der Waals surface area contributed by atoms with E-state index in [2.05, 4.69) is 4.98 Å². The van der Waals surface area contributed by atoms with Gasteiger partial charge in [0.05, 0.1) is 25.1 Å². The minimum atomic E-state index is -0.0804. The van der Waals surface area contributed by atoms with Gasteiger partial charge in [-0.3, -0.25) is 9.59 Å². The lowest BCUT2D eigenvalue weighted by molar-refractivity contribution is -0.149. The van der Waals surface area contributed by atoms with Gasteiger partial charge < -0.3 is 19.1 Å². The predicted octanol–water partition coefficient (Wildman–Crippen LogP) is -0.118. The largest absolute Gasteiger partial charge is 0.374 e. The Labute approximate surface area is 123 Å². The molecule has 1 aromatic heterocycles. The number of carbonyl (C=O) groups excluding carboxylic acids is 2. The maximum Gasteiger partial charge on any atom is 0.274 e. The molecule has 0 aromatic carbocycles. The fourth-order valence-corrected chi connectivity index (χ4v) is 3.13. The number of ether oxygens (including phenoxy) is 1. The van der Waals surface area contributed by atoms with Gasteiger partial charge in [0.25, 0.3) is 5.91 Å². The first-order chi connectivity index (χ1) is 10.1. The Hall–Kier alpha value is -1.89. The first-order valence-electron chi connectivity index (χ1n) is 7.22. The summed E-state index contributed by atoms with van der Waals surface area (Å²) in [5.41, 5.74) is 0.446. The van der Waals surface area contributed by atoms with Crippen LogP contribution in [0.5, 0.6) is 0 Å². The Morgan fingerprint density at radius 3 is 2.86 bits per heavy atom. The minimum absolute atomic E-state index is 0.0374. The number of rotatable bonds is 1. The topological polar surface area (TPSA) is 67.7 Å². The van der Waals surface area contributed by atoms with Gasteiger partial charge in [-0.25, -0.2) is 4.98 Å². The molecule has 0 saturated carbocycles. The average molecular weight is 292 g/mol. The van der Waals surface area contributed by atoms with Crippen LogP contribution >= 0.6 is 0 Å². The number of amides is 2. The van der Waals surface area contributed by atoms with Gasteiger partial charge in [0.1, 0.15) is 5.69 Å². The fourth-order valence-electron chi connectivity index (χ4n) is 3.13. The van der Waals surface area contributed by atoms with Crippen molar-refractivity contribution < 1.29 is 14.3 Å². The van der Waals surface area contributed by atoms with E-state index in [-0.39, 0.29) is 24.0 Å². The summed E-state index contributed by atoms with van der Waals surface area (Å²) in [6.07, 6.45) is 4.13. The van der Waals surface area contributed by atoms with Gasteiger partial charge in [-0.1, -0.05) is 0 Å². The van der Waals surface area contributed by atoms with Gasteiger partial charge in [0.15, 0.2) is 0 Å². The Balaban J connectivity index is 1.74. The molecule has 2 aliphatic rings. The summed E-state index contributed by atoms with van der Waals surface area (Å²) in [5.74, 6) is -0.0384. The van der Waals surface area contributed by atoms with E-state index in [0.29, 0.717) is 31.9 Å². The lowest BCUT2D eigenvalue weighted by Gasteiger charge is -2.46. The monoisotopic (exact) mass is 292 g/mol. The molecule has 0 spiro atoms. The normalized spacial score (nSPS) is 25.6. The molecule has 2 fully saturated rings.